The van der Waals surface area contributed by atoms with Crippen LogP contribution in [-0.2, 0) is 16.1 Å². The van der Waals surface area contributed by atoms with Crippen LogP contribution in [0.3, 0.4) is 0 Å². The number of halogens is 1. The lowest BCUT2D eigenvalue weighted by Crippen LogP contribution is -2.33. The highest BCUT2D eigenvalue weighted by Gasteiger charge is 2.28. The molecular formula is C23H27ClN2O4. The standard InChI is InChI=1S/C23H27ClN2O4/c1-15-12-18(5-6-19(15)24)16(2)25-14-17-4-7-20(21(13-17)29-3)30-11-10-26-22(27)8-9-23(26)28/h4-7,12-13,16,25H,8-11,14H2,1-3H3. The summed E-state index contributed by atoms with van der Waals surface area (Å²) in [6.45, 7) is 5.26. The van der Waals surface area contributed by atoms with Gasteiger partial charge in [-0.3, -0.25) is 14.5 Å². The molecule has 30 heavy (non-hydrogen) atoms. The van der Waals surface area contributed by atoms with Crippen molar-refractivity contribution in [2.45, 2.75) is 39.3 Å². The van der Waals surface area contributed by atoms with Crippen molar-refractivity contribution in [2.24, 2.45) is 0 Å². The minimum Gasteiger partial charge on any atom is -0.493 e. The second-order valence-corrected chi connectivity index (χ2v) is 7.79. The summed E-state index contributed by atoms with van der Waals surface area (Å²) in [5.74, 6) is 0.925. The zero-order chi connectivity index (χ0) is 21.7. The smallest absolute Gasteiger partial charge is 0.229 e. The van der Waals surface area contributed by atoms with Crippen molar-refractivity contribution >= 4 is 23.4 Å². The molecule has 1 saturated heterocycles. The van der Waals surface area contributed by atoms with E-state index in [2.05, 4.69) is 18.3 Å². The summed E-state index contributed by atoms with van der Waals surface area (Å²) < 4.78 is 11.2. The number of imide groups is 1. The Bertz CT molecular complexity index is 915. The van der Waals surface area contributed by atoms with Crippen LogP contribution in [0, 0.1) is 6.92 Å². The fourth-order valence-corrected chi connectivity index (χ4v) is 3.50. The summed E-state index contributed by atoms with van der Waals surface area (Å²) in [7, 11) is 1.59. The van der Waals surface area contributed by atoms with E-state index in [0.717, 1.165) is 16.1 Å². The normalized spacial score (nSPS) is 14.9. The second-order valence-electron chi connectivity index (χ2n) is 7.38. The average Bonchev–Trinajstić information content (AvgIpc) is 3.06. The maximum atomic E-state index is 11.7. The summed E-state index contributed by atoms with van der Waals surface area (Å²) >= 11 is 6.11. The maximum absolute atomic E-state index is 11.7. The van der Waals surface area contributed by atoms with Crippen molar-refractivity contribution in [1.29, 1.82) is 0 Å². The summed E-state index contributed by atoms with van der Waals surface area (Å²) in [6.07, 6.45) is 0.579. The zero-order valence-electron chi connectivity index (χ0n) is 17.5. The molecule has 0 saturated carbocycles. The number of aryl methyl sites for hydroxylation is 1. The van der Waals surface area contributed by atoms with Gasteiger partial charge in [-0.25, -0.2) is 0 Å². The van der Waals surface area contributed by atoms with E-state index in [-0.39, 0.29) is 43.8 Å². The van der Waals surface area contributed by atoms with Crippen LogP contribution in [0.25, 0.3) is 0 Å². The van der Waals surface area contributed by atoms with Crippen molar-refractivity contribution in [3.05, 3.63) is 58.1 Å². The van der Waals surface area contributed by atoms with Crippen molar-refractivity contribution in [2.75, 3.05) is 20.3 Å². The van der Waals surface area contributed by atoms with Gasteiger partial charge in [0.1, 0.15) is 6.61 Å². The predicted molar refractivity (Wildman–Crippen MR) is 116 cm³/mol. The number of hydrogen-bond donors (Lipinski definition) is 1. The topological polar surface area (TPSA) is 67.9 Å². The Balaban J connectivity index is 1.56. The second kappa shape index (κ2) is 9.96. The molecule has 2 aromatic carbocycles. The first-order chi connectivity index (χ1) is 14.4. The Kier molecular flexibility index (Phi) is 7.34. The molecule has 0 aromatic heterocycles. The van der Waals surface area contributed by atoms with E-state index in [0.29, 0.717) is 18.0 Å². The maximum Gasteiger partial charge on any atom is 0.229 e. The van der Waals surface area contributed by atoms with Crippen LogP contribution >= 0.6 is 11.6 Å². The molecule has 0 radical (unpaired) electrons. The summed E-state index contributed by atoms with van der Waals surface area (Å²) in [6, 6.07) is 11.9. The molecule has 1 unspecified atom stereocenters. The largest absolute Gasteiger partial charge is 0.493 e. The molecule has 2 amide bonds. The zero-order valence-corrected chi connectivity index (χ0v) is 18.3. The first-order valence-corrected chi connectivity index (χ1v) is 10.4. The summed E-state index contributed by atoms with van der Waals surface area (Å²) in [5, 5.41) is 4.27. The van der Waals surface area contributed by atoms with Crippen LogP contribution in [0.15, 0.2) is 36.4 Å². The van der Waals surface area contributed by atoms with Crippen LogP contribution in [0.1, 0.15) is 42.5 Å². The molecule has 2 aromatic rings. The highest BCUT2D eigenvalue weighted by Crippen LogP contribution is 2.29. The SMILES string of the molecule is COc1cc(CNC(C)c2ccc(Cl)c(C)c2)ccc1OCCN1C(=O)CCC1=O. The molecule has 1 N–H and O–H groups in total. The molecule has 1 fully saturated rings. The minimum atomic E-state index is -0.137. The fraction of sp³-hybridized carbons (Fsp3) is 0.391. The summed E-state index contributed by atoms with van der Waals surface area (Å²) in [4.78, 5) is 24.6. The van der Waals surface area contributed by atoms with Gasteiger partial charge in [-0.1, -0.05) is 29.8 Å². The number of nitrogens with zero attached hydrogens (tertiary/aromatic N) is 1. The van der Waals surface area contributed by atoms with Crippen molar-refractivity contribution in [1.82, 2.24) is 10.2 Å². The van der Waals surface area contributed by atoms with Gasteiger partial charge in [-0.2, -0.15) is 0 Å². The monoisotopic (exact) mass is 430 g/mol. The molecule has 1 aliphatic heterocycles. The van der Waals surface area contributed by atoms with Gasteiger partial charge in [-0.15, -0.1) is 0 Å². The first-order valence-electron chi connectivity index (χ1n) is 10.0. The molecule has 1 heterocycles. The molecule has 0 bridgehead atoms. The van der Waals surface area contributed by atoms with Crippen molar-refractivity contribution in [3.63, 3.8) is 0 Å². The van der Waals surface area contributed by atoms with Crippen LogP contribution in [0.4, 0.5) is 0 Å². The number of carbonyl (C=O) groups excluding carboxylic acids is 2. The number of rotatable bonds is 9. The predicted octanol–water partition coefficient (Wildman–Crippen LogP) is 4.04. The van der Waals surface area contributed by atoms with E-state index in [9.17, 15) is 9.59 Å². The molecular weight excluding hydrogens is 404 g/mol. The number of benzene rings is 2. The lowest BCUT2D eigenvalue weighted by molar-refractivity contribution is -0.138. The van der Waals surface area contributed by atoms with Gasteiger partial charge in [0, 0.05) is 30.5 Å². The number of carbonyl (C=O) groups is 2. The summed E-state index contributed by atoms with van der Waals surface area (Å²) in [5.41, 5.74) is 3.29. The lowest BCUT2D eigenvalue weighted by atomic mass is 10.1. The van der Waals surface area contributed by atoms with E-state index >= 15 is 0 Å². The third kappa shape index (κ3) is 5.32. The molecule has 0 spiro atoms. The van der Waals surface area contributed by atoms with Gasteiger partial charge in [0.15, 0.2) is 11.5 Å². The molecule has 7 heteroatoms. The van der Waals surface area contributed by atoms with E-state index in [1.807, 2.05) is 37.3 Å². The third-order valence-electron chi connectivity index (χ3n) is 5.25. The van der Waals surface area contributed by atoms with E-state index in [4.69, 9.17) is 21.1 Å². The average molecular weight is 431 g/mol. The van der Waals surface area contributed by atoms with Crippen LogP contribution in [-0.4, -0.2) is 37.0 Å². The number of amides is 2. The van der Waals surface area contributed by atoms with E-state index in [1.165, 1.54) is 10.5 Å². The van der Waals surface area contributed by atoms with Gasteiger partial charge in [0.2, 0.25) is 11.8 Å². The molecule has 1 aliphatic rings. The van der Waals surface area contributed by atoms with E-state index in [1.54, 1.807) is 7.11 Å². The van der Waals surface area contributed by atoms with E-state index < -0.39 is 0 Å². The van der Waals surface area contributed by atoms with Gasteiger partial charge in [0.25, 0.3) is 0 Å². The Morgan fingerprint density at radius 1 is 1.10 bits per heavy atom. The minimum absolute atomic E-state index is 0.137. The Morgan fingerprint density at radius 3 is 2.50 bits per heavy atom. The van der Waals surface area contributed by atoms with Crippen LogP contribution in [0.2, 0.25) is 5.02 Å². The highest BCUT2D eigenvalue weighted by molar-refractivity contribution is 6.31. The number of likely N-dealkylation sites (tertiary alicyclic amines) is 1. The Hall–Kier alpha value is -2.57. The molecule has 160 valence electrons. The van der Waals surface area contributed by atoms with Gasteiger partial charge in [0.05, 0.1) is 13.7 Å². The molecule has 3 rings (SSSR count). The van der Waals surface area contributed by atoms with Gasteiger partial charge >= 0.3 is 0 Å². The van der Waals surface area contributed by atoms with Crippen molar-refractivity contribution in [3.8, 4) is 11.5 Å². The molecule has 6 nitrogen and oxygen atoms in total. The lowest BCUT2D eigenvalue weighted by Gasteiger charge is -2.18. The van der Waals surface area contributed by atoms with Gasteiger partial charge < -0.3 is 14.8 Å². The van der Waals surface area contributed by atoms with Crippen molar-refractivity contribution < 1.29 is 19.1 Å². The Morgan fingerprint density at radius 2 is 1.83 bits per heavy atom. The number of hydrogen-bond acceptors (Lipinski definition) is 5. The number of ether oxygens (including phenoxy) is 2. The quantitative estimate of drug-likeness (QED) is 0.608. The first kappa shape index (κ1) is 22.1. The van der Waals surface area contributed by atoms with Gasteiger partial charge in [-0.05, 0) is 48.7 Å². The number of methoxy groups -OCH3 is 1. The number of nitrogens with one attached hydrogen (secondary N) is 1. The third-order valence-corrected chi connectivity index (χ3v) is 5.67. The molecule has 1 atom stereocenters. The van der Waals surface area contributed by atoms with Crippen LogP contribution in [0.5, 0.6) is 11.5 Å². The Labute approximate surface area is 182 Å². The fourth-order valence-electron chi connectivity index (χ4n) is 3.39. The molecule has 0 aliphatic carbocycles. The highest BCUT2D eigenvalue weighted by atomic mass is 35.5. The van der Waals surface area contributed by atoms with Crippen LogP contribution < -0.4 is 14.8 Å².